The highest BCUT2D eigenvalue weighted by Crippen LogP contribution is 2.27. The van der Waals surface area contributed by atoms with Crippen LogP contribution in [0, 0.1) is 6.92 Å². The Labute approximate surface area is 155 Å². The zero-order valence-corrected chi connectivity index (χ0v) is 15.8. The zero-order valence-electron chi connectivity index (χ0n) is 15.8. The number of carbonyl (C=O) groups is 1. The third kappa shape index (κ3) is 3.85. The number of rotatable bonds is 3. The van der Waals surface area contributed by atoms with Crippen LogP contribution in [0.3, 0.4) is 0 Å². The maximum Gasteiger partial charge on any atom is 0.251 e. The smallest absolute Gasteiger partial charge is 0.251 e. The lowest BCUT2D eigenvalue weighted by molar-refractivity contribution is -0.146. The number of nitrogens with one attached hydrogen (secondary N) is 1. The Morgan fingerprint density at radius 1 is 1.08 bits per heavy atom. The van der Waals surface area contributed by atoms with Crippen molar-refractivity contribution in [3.05, 3.63) is 17.1 Å². The van der Waals surface area contributed by atoms with Gasteiger partial charge in [0.2, 0.25) is 0 Å². The van der Waals surface area contributed by atoms with E-state index >= 15 is 0 Å². The Bertz CT molecular complexity index is 651. The van der Waals surface area contributed by atoms with Crippen molar-refractivity contribution in [3.8, 4) is 0 Å². The summed E-state index contributed by atoms with van der Waals surface area (Å²) < 4.78 is 5.71. The van der Waals surface area contributed by atoms with Gasteiger partial charge in [-0.05, 0) is 45.4 Å². The Hall–Kier alpha value is -1.69. The molecule has 0 radical (unpaired) electrons. The average molecular weight is 358 g/mol. The molecule has 0 spiro atoms. The van der Waals surface area contributed by atoms with Crippen LogP contribution in [0.15, 0.2) is 0 Å². The summed E-state index contributed by atoms with van der Waals surface area (Å²) in [5.74, 6) is 1.98. The maximum atomic E-state index is 12.8. The van der Waals surface area contributed by atoms with Gasteiger partial charge in [0, 0.05) is 37.7 Å². The van der Waals surface area contributed by atoms with Crippen molar-refractivity contribution in [2.45, 2.75) is 76.9 Å². The number of aryl methyl sites for hydroxylation is 1. The average Bonchev–Trinajstić information content (AvgIpc) is 3.07. The van der Waals surface area contributed by atoms with Gasteiger partial charge in [0.1, 0.15) is 17.7 Å². The van der Waals surface area contributed by atoms with Crippen molar-refractivity contribution in [2.24, 2.45) is 0 Å². The van der Waals surface area contributed by atoms with E-state index in [-0.39, 0.29) is 12.0 Å². The zero-order chi connectivity index (χ0) is 17.9. The van der Waals surface area contributed by atoms with Gasteiger partial charge in [0.15, 0.2) is 0 Å². The molecule has 0 unspecified atom stereocenters. The number of carbonyl (C=O) groups excluding carboxylic acids is 1. The maximum absolute atomic E-state index is 12.8. The van der Waals surface area contributed by atoms with E-state index < -0.39 is 0 Å². The predicted molar refractivity (Wildman–Crippen MR) is 100 cm³/mol. The second-order valence-electron chi connectivity index (χ2n) is 7.85. The molecule has 6 heteroatoms. The summed E-state index contributed by atoms with van der Waals surface area (Å²) in [6, 6.07) is 0.532. The van der Waals surface area contributed by atoms with Crippen LogP contribution in [0.5, 0.6) is 0 Å². The third-order valence-electron chi connectivity index (χ3n) is 5.92. The van der Waals surface area contributed by atoms with Crippen molar-refractivity contribution in [3.63, 3.8) is 0 Å². The van der Waals surface area contributed by atoms with Crippen molar-refractivity contribution in [1.29, 1.82) is 0 Å². The number of hydrogen-bond donors (Lipinski definition) is 1. The monoisotopic (exact) mass is 358 g/mol. The summed E-state index contributed by atoms with van der Waals surface area (Å²) in [4.78, 5) is 24.2. The number of ether oxygens (including phenoxy) is 1. The fourth-order valence-corrected chi connectivity index (χ4v) is 4.47. The molecule has 1 aromatic rings. The molecule has 1 aromatic heterocycles. The van der Waals surface area contributed by atoms with Crippen molar-refractivity contribution >= 4 is 11.7 Å². The van der Waals surface area contributed by atoms with E-state index in [9.17, 15) is 4.79 Å². The van der Waals surface area contributed by atoms with Crippen LogP contribution in [0.2, 0.25) is 0 Å². The van der Waals surface area contributed by atoms with E-state index in [1.807, 2.05) is 11.8 Å². The molecule has 2 fully saturated rings. The number of anilines is 1. The Kier molecular flexibility index (Phi) is 5.38. The third-order valence-corrected chi connectivity index (χ3v) is 5.92. The van der Waals surface area contributed by atoms with Gasteiger partial charge in [-0.25, -0.2) is 9.97 Å². The first-order chi connectivity index (χ1) is 12.7. The molecule has 1 amide bonds. The van der Waals surface area contributed by atoms with Crippen LogP contribution < -0.4 is 5.32 Å². The molecule has 6 nitrogen and oxygen atoms in total. The van der Waals surface area contributed by atoms with Crippen LogP contribution in [-0.4, -0.2) is 52.6 Å². The normalized spacial score (nSPS) is 24.2. The molecule has 1 N–H and O–H groups in total. The molecule has 0 aromatic carbocycles. The van der Waals surface area contributed by atoms with Crippen LogP contribution in [0.4, 0.5) is 5.82 Å². The van der Waals surface area contributed by atoms with Crippen molar-refractivity contribution < 1.29 is 9.53 Å². The van der Waals surface area contributed by atoms with E-state index in [4.69, 9.17) is 14.7 Å². The first-order valence-corrected chi connectivity index (χ1v) is 10.2. The number of aromatic nitrogens is 2. The number of amides is 1. The molecule has 1 aliphatic carbocycles. The van der Waals surface area contributed by atoms with E-state index in [0.29, 0.717) is 12.6 Å². The quantitative estimate of drug-likeness (QED) is 0.900. The molecule has 26 heavy (non-hydrogen) atoms. The Morgan fingerprint density at radius 2 is 1.85 bits per heavy atom. The molecule has 142 valence electrons. The summed E-state index contributed by atoms with van der Waals surface area (Å²) in [5.41, 5.74) is 2.32. The van der Waals surface area contributed by atoms with Gasteiger partial charge in [-0.1, -0.05) is 12.8 Å². The topological polar surface area (TPSA) is 67.4 Å². The number of nitrogens with zero attached hydrogens (tertiary/aromatic N) is 3. The molecule has 1 saturated heterocycles. The lowest BCUT2D eigenvalue weighted by atomic mass is 10.1. The molecule has 3 aliphatic rings. The van der Waals surface area contributed by atoms with Crippen LogP contribution in [0.25, 0.3) is 0 Å². The SMILES string of the molecule is Cc1nc2c(c(NC3CCCC3)n1)CCN(C(=O)[C@H]1CCCCO1)CC2. The standard InChI is InChI=1S/C20H30N4O2/c1-14-21-17-10-12-24(20(25)18-8-4-5-13-26-18)11-9-16(17)19(22-14)23-15-6-2-3-7-15/h15,18H,2-13H2,1H3,(H,21,22,23)/t18-/m1/s1. The van der Waals surface area contributed by atoms with Crippen molar-refractivity contribution in [2.75, 3.05) is 25.0 Å². The number of hydrogen-bond acceptors (Lipinski definition) is 5. The molecule has 0 bridgehead atoms. The van der Waals surface area contributed by atoms with E-state index in [1.165, 1.54) is 31.2 Å². The van der Waals surface area contributed by atoms with Gasteiger partial charge in [-0.15, -0.1) is 0 Å². The van der Waals surface area contributed by atoms with Crippen molar-refractivity contribution in [1.82, 2.24) is 14.9 Å². The summed E-state index contributed by atoms with van der Waals surface area (Å²) in [6.07, 6.45) is 9.44. The minimum absolute atomic E-state index is 0.160. The fraction of sp³-hybridized carbons (Fsp3) is 0.750. The Balaban J connectivity index is 1.48. The predicted octanol–water partition coefficient (Wildman–Crippen LogP) is 2.64. The van der Waals surface area contributed by atoms with Gasteiger partial charge in [-0.3, -0.25) is 4.79 Å². The van der Waals surface area contributed by atoms with Crippen LogP contribution in [-0.2, 0) is 22.4 Å². The second kappa shape index (κ2) is 7.91. The first kappa shape index (κ1) is 17.7. The fourth-order valence-electron chi connectivity index (χ4n) is 4.47. The lowest BCUT2D eigenvalue weighted by Gasteiger charge is -2.28. The molecule has 1 saturated carbocycles. The molecular weight excluding hydrogens is 328 g/mol. The molecule has 3 heterocycles. The molecule has 4 rings (SSSR count). The minimum Gasteiger partial charge on any atom is -0.368 e. The summed E-state index contributed by atoms with van der Waals surface area (Å²) in [5, 5.41) is 3.67. The minimum atomic E-state index is -0.242. The second-order valence-corrected chi connectivity index (χ2v) is 7.85. The van der Waals surface area contributed by atoms with E-state index in [1.54, 1.807) is 0 Å². The van der Waals surface area contributed by atoms with Gasteiger partial charge in [-0.2, -0.15) is 0 Å². The Morgan fingerprint density at radius 3 is 2.62 bits per heavy atom. The largest absolute Gasteiger partial charge is 0.368 e. The lowest BCUT2D eigenvalue weighted by Crippen LogP contribution is -2.43. The summed E-state index contributed by atoms with van der Waals surface area (Å²) in [6.45, 7) is 4.14. The van der Waals surface area contributed by atoms with E-state index in [2.05, 4.69) is 5.32 Å². The highest BCUT2D eigenvalue weighted by atomic mass is 16.5. The molecular formula is C20H30N4O2. The number of fused-ring (bicyclic) bond motifs is 1. The first-order valence-electron chi connectivity index (χ1n) is 10.2. The van der Waals surface area contributed by atoms with Gasteiger partial charge >= 0.3 is 0 Å². The highest BCUT2D eigenvalue weighted by molar-refractivity contribution is 5.81. The van der Waals surface area contributed by atoms with Crippen LogP contribution in [0.1, 0.15) is 62.0 Å². The summed E-state index contributed by atoms with van der Waals surface area (Å²) in [7, 11) is 0. The van der Waals surface area contributed by atoms with E-state index in [0.717, 1.165) is 62.5 Å². The van der Waals surface area contributed by atoms with Gasteiger partial charge < -0.3 is 15.0 Å². The van der Waals surface area contributed by atoms with Crippen LogP contribution >= 0.6 is 0 Å². The molecule has 1 atom stereocenters. The highest BCUT2D eigenvalue weighted by Gasteiger charge is 2.29. The molecule has 2 aliphatic heterocycles. The summed E-state index contributed by atoms with van der Waals surface area (Å²) >= 11 is 0. The van der Waals surface area contributed by atoms with Gasteiger partial charge in [0.05, 0.1) is 5.69 Å². The van der Waals surface area contributed by atoms with Gasteiger partial charge in [0.25, 0.3) is 5.91 Å².